The Labute approximate surface area is 114 Å². The molecule has 18 heavy (non-hydrogen) atoms. The van der Waals surface area contributed by atoms with Gasteiger partial charge in [0.05, 0.1) is 0 Å². The van der Waals surface area contributed by atoms with E-state index in [1.54, 1.807) is 6.42 Å². The first-order valence-corrected chi connectivity index (χ1v) is 8.50. The summed E-state index contributed by atoms with van der Waals surface area (Å²) in [5.74, 6) is 4.27. The van der Waals surface area contributed by atoms with Crippen molar-refractivity contribution in [3.05, 3.63) is 22.4 Å². The van der Waals surface area contributed by atoms with Gasteiger partial charge in [0, 0.05) is 17.0 Å². The minimum Gasteiger partial charge on any atom is -0.306 e. The molecule has 0 amide bonds. The van der Waals surface area contributed by atoms with Gasteiger partial charge in [-0.2, -0.15) is 0 Å². The Bertz CT molecular complexity index is 413. The molecule has 0 radical (unpaired) electrons. The maximum atomic E-state index is 3.94. The van der Waals surface area contributed by atoms with Crippen molar-refractivity contribution in [2.75, 3.05) is 0 Å². The van der Waals surface area contributed by atoms with Crippen LogP contribution in [-0.4, -0.2) is 6.04 Å². The second kappa shape index (κ2) is 4.35. The molecule has 1 aromatic rings. The van der Waals surface area contributed by atoms with Crippen molar-refractivity contribution in [1.82, 2.24) is 5.32 Å². The van der Waals surface area contributed by atoms with Crippen LogP contribution in [-0.2, 0) is 0 Å². The topological polar surface area (TPSA) is 12.0 Å². The van der Waals surface area contributed by atoms with E-state index >= 15 is 0 Å². The van der Waals surface area contributed by atoms with E-state index in [4.69, 9.17) is 0 Å². The van der Waals surface area contributed by atoms with Crippen LogP contribution in [0.2, 0.25) is 0 Å². The highest BCUT2D eigenvalue weighted by Crippen LogP contribution is 2.58. The Morgan fingerprint density at radius 3 is 2.94 bits per heavy atom. The third-order valence-corrected chi connectivity index (χ3v) is 6.92. The molecular formula is C16H23NS. The molecule has 2 bridgehead atoms. The van der Waals surface area contributed by atoms with Gasteiger partial charge < -0.3 is 5.32 Å². The fourth-order valence-electron chi connectivity index (χ4n) is 5.20. The van der Waals surface area contributed by atoms with Crippen molar-refractivity contribution < 1.29 is 0 Å². The minimum atomic E-state index is 0.550. The minimum absolute atomic E-state index is 0.550. The number of nitrogens with one attached hydrogen (secondary N) is 1. The molecule has 98 valence electrons. The summed E-state index contributed by atoms with van der Waals surface area (Å²) in [6.07, 6.45) is 7.57. The largest absolute Gasteiger partial charge is 0.306 e. The van der Waals surface area contributed by atoms with Crippen LogP contribution in [0.5, 0.6) is 0 Å². The lowest BCUT2D eigenvalue weighted by Crippen LogP contribution is -2.40. The Morgan fingerprint density at radius 2 is 2.11 bits per heavy atom. The highest BCUT2D eigenvalue weighted by Gasteiger charge is 2.53. The maximum absolute atomic E-state index is 3.94. The summed E-state index contributed by atoms with van der Waals surface area (Å²) in [5.41, 5.74) is 0. The van der Waals surface area contributed by atoms with Crippen LogP contribution >= 0.6 is 11.3 Å². The zero-order valence-electron chi connectivity index (χ0n) is 11.1. The summed E-state index contributed by atoms with van der Waals surface area (Å²) < 4.78 is 0. The second-order valence-electron chi connectivity index (χ2n) is 6.66. The van der Waals surface area contributed by atoms with E-state index in [2.05, 4.69) is 29.8 Å². The maximum Gasteiger partial charge on any atom is 0.0388 e. The molecule has 3 aliphatic rings. The van der Waals surface area contributed by atoms with Gasteiger partial charge in [-0.1, -0.05) is 12.5 Å². The summed E-state index contributed by atoms with van der Waals surface area (Å²) in [4.78, 5) is 1.50. The normalized spacial score (nSPS) is 43.3. The number of fused-ring (bicyclic) bond motifs is 5. The zero-order valence-corrected chi connectivity index (χ0v) is 12.0. The molecule has 5 unspecified atom stereocenters. The van der Waals surface area contributed by atoms with E-state index in [0.29, 0.717) is 6.04 Å². The number of thiophene rings is 1. The van der Waals surface area contributed by atoms with Crippen LogP contribution < -0.4 is 5.32 Å². The van der Waals surface area contributed by atoms with E-state index in [1.165, 1.54) is 30.6 Å². The average molecular weight is 261 g/mol. The summed E-state index contributed by atoms with van der Waals surface area (Å²) in [6.45, 7) is 2.34. The monoisotopic (exact) mass is 261 g/mol. The third kappa shape index (κ3) is 1.69. The predicted octanol–water partition coefficient (Wildman–Crippen LogP) is 4.22. The molecule has 3 fully saturated rings. The van der Waals surface area contributed by atoms with Crippen molar-refractivity contribution in [2.24, 2.45) is 23.7 Å². The molecule has 4 rings (SSSR count). The van der Waals surface area contributed by atoms with Crippen molar-refractivity contribution in [1.29, 1.82) is 0 Å². The molecule has 1 aromatic heterocycles. The van der Waals surface area contributed by atoms with Gasteiger partial charge in [-0.3, -0.25) is 0 Å². The molecule has 1 heterocycles. The van der Waals surface area contributed by atoms with E-state index in [1.807, 2.05) is 11.3 Å². The van der Waals surface area contributed by atoms with Gasteiger partial charge in [-0.15, -0.1) is 11.3 Å². The molecule has 0 aromatic carbocycles. The fraction of sp³-hybridized carbons (Fsp3) is 0.750. The van der Waals surface area contributed by atoms with E-state index < -0.39 is 0 Å². The van der Waals surface area contributed by atoms with Crippen LogP contribution in [0.15, 0.2) is 17.5 Å². The molecule has 1 N–H and O–H groups in total. The SMILES string of the molecule is C[C@@H](NC1CC2CC1C1CCCC21)c1cccs1. The molecule has 0 spiro atoms. The smallest absolute Gasteiger partial charge is 0.0388 e. The summed E-state index contributed by atoms with van der Waals surface area (Å²) >= 11 is 1.89. The van der Waals surface area contributed by atoms with Crippen molar-refractivity contribution in [3.8, 4) is 0 Å². The molecule has 1 nitrogen and oxygen atoms in total. The van der Waals surface area contributed by atoms with Gasteiger partial charge in [-0.05, 0) is 67.7 Å². The summed E-state index contributed by atoms with van der Waals surface area (Å²) in [6, 6.07) is 5.81. The van der Waals surface area contributed by atoms with Gasteiger partial charge in [0.15, 0.2) is 0 Å². The molecule has 3 aliphatic carbocycles. The third-order valence-electron chi connectivity index (χ3n) is 5.86. The van der Waals surface area contributed by atoms with E-state index in [9.17, 15) is 0 Å². The Hall–Kier alpha value is -0.340. The van der Waals surface area contributed by atoms with Crippen LogP contribution in [0.25, 0.3) is 0 Å². The summed E-state index contributed by atoms with van der Waals surface area (Å²) in [7, 11) is 0. The molecule has 2 heteroatoms. The number of hydrogen-bond acceptors (Lipinski definition) is 2. The van der Waals surface area contributed by atoms with Crippen LogP contribution in [0, 0.1) is 23.7 Å². The lowest BCUT2D eigenvalue weighted by atomic mass is 9.79. The highest BCUT2D eigenvalue weighted by molar-refractivity contribution is 7.10. The summed E-state index contributed by atoms with van der Waals surface area (Å²) in [5, 5.41) is 6.13. The van der Waals surface area contributed by atoms with Crippen molar-refractivity contribution in [2.45, 2.75) is 51.1 Å². The zero-order chi connectivity index (χ0) is 12.1. The molecule has 0 saturated heterocycles. The molecule has 0 aliphatic heterocycles. The van der Waals surface area contributed by atoms with Crippen LogP contribution in [0.1, 0.15) is 49.9 Å². The predicted molar refractivity (Wildman–Crippen MR) is 76.7 cm³/mol. The fourth-order valence-corrected chi connectivity index (χ4v) is 5.94. The number of rotatable bonds is 3. The first-order chi connectivity index (χ1) is 8.83. The van der Waals surface area contributed by atoms with Crippen LogP contribution in [0.4, 0.5) is 0 Å². The van der Waals surface area contributed by atoms with E-state index in [0.717, 1.165) is 29.7 Å². The Kier molecular flexibility index (Phi) is 2.77. The van der Waals surface area contributed by atoms with Gasteiger partial charge >= 0.3 is 0 Å². The lowest BCUT2D eigenvalue weighted by Gasteiger charge is -2.33. The second-order valence-corrected chi connectivity index (χ2v) is 7.64. The first-order valence-electron chi connectivity index (χ1n) is 7.62. The van der Waals surface area contributed by atoms with Gasteiger partial charge in [0.25, 0.3) is 0 Å². The Balaban J connectivity index is 1.45. The van der Waals surface area contributed by atoms with Gasteiger partial charge in [0.1, 0.15) is 0 Å². The highest BCUT2D eigenvalue weighted by atomic mass is 32.1. The molecule has 6 atom stereocenters. The van der Waals surface area contributed by atoms with Crippen molar-refractivity contribution in [3.63, 3.8) is 0 Å². The average Bonchev–Trinajstić information content (AvgIpc) is 3.11. The lowest BCUT2D eigenvalue weighted by molar-refractivity contribution is 0.200. The van der Waals surface area contributed by atoms with Gasteiger partial charge in [0.2, 0.25) is 0 Å². The van der Waals surface area contributed by atoms with Gasteiger partial charge in [-0.25, -0.2) is 0 Å². The van der Waals surface area contributed by atoms with Crippen molar-refractivity contribution >= 4 is 11.3 Å². The number of hydrogen-bond donors (Lipinski definition) is 1. The first kappa shape index (κ1) is 11.5. The van der Waals surface area contributed by atoms with E-state index in [-0.39, 0.29) is 0 Å². The molecule has 3 saturated carbocycles. The Morgan fingerprint density at radius 1 is 1.22 bits per heavy atom. The quantitative estimate of drug-likeness (QED) is 0.859. The molecular weight excluding hydrogens is 238 g/mol. The standard InChI is InChI=1S/C16H23NS/c1-10(16-6-3-7-18-16)17-15-9-11-8-14(15)13-5-2-4-12(11)13/h3,6-7,10-15,17H,2,4-5,8-9H2,1H3/t10-,11?,12?,13?,14?,15?/m1/s1. The van der Waals surface area contributed by atoms with Crippen LogP contribution in [0.3, 0.4) is 0 Å².